The third-order valence-corrected chi connectivity index (χ3v) is 11.0. The standard InChI is InChI=1S/C43H52N4O3.ClH/c1-42(2)33-16-8-10-18-35(33)45(5)37(42)23-21-31-14-13-15-32(30-31)22-24-38-43(3,4)34-17-9-11-19-36(34)46(38)28-12-6-7-20-39(48)44-27-29-47-40(49)25-26-41(47)50;/h8-11,16-19,21-26,30,38H,6-7,12-15,20,27-29H2,1-5H3,(H,44,48);1H/b24-22+,31-21?,37-23+;. The second-order valence-corrected chi connectivity index (χ2v) is 15.1. The van der Waals surface area contributed by atoms with Crippen LogP contribution in [-0.4, -0.2) is 55.3 Å². The second-order valence-electron chi connectivity index (χ2n) is 15.1. The molecule has 51 heavy (non-hydrogen) atoms. The van der Waals surface area contributed by atoms with E-state index in [4.69, 9.17) is 0 Å². The third-order valence-electron chi connectivity index (χ3n) is 11.0. The van der Waals surface area contributed by atoms with E-state index in [0.29, 0.717) is 6.42 Å². The van der Waals surface area contributed by atoms with E-state index in [2.05, 4.69) is 129 Å². The SMILES string of the molecule is CN1/C(=C/C=C2C=C(/C=C/C3N(CCCCCC(=O)NCCN4C(=O)C=CC4=O)c4ccccc4C3(C)C)CCC2)C(C)(C)c2ccccc21.Cl. The van der Waals surface area contributed by atoms with Gasteiger partial charge in [-0.05, 0) is 72.6 Å². The Kier molecular flexibility index (Phi) is 11.8. The summed E-state index contributed by atoms with van der Waals surface area (Å²) in [5, 5.41) is 2.85. The van der Waals surface area contributed by atoms with Gasteiger partial charge in [0.2, 0.25) is 5.91 Å². The van der Waals surface area contributed by atoms with Crippen LogP contribution in [0.2, 0.25) is 0 Å². The first-order chi connectivity index (χ1) is 24.0. The molecule has 0 saturated heterocycles. The number of nitrogens with zero attached hydrogens (tertiary/aromatic N) is 3. The number of imide groups is 1. The number of para-hydroxylation sites is 2. The molecule has 8 heteroatoms. The van der Waals surface area contributed by atoms with Crippen LogP contribution in [0.15, 0.2) is 108 Å². The van der Waals surface area contributed by atoms with Gasteiger partial charge in [-0.25, -0.2) is 0 Å². The molecule has 270 valence electrons. The molecule has 1 unspecified atom stereocenters. The van der Waals surface area contributed by atoms with Crippen LogP contribution < -0.4 is 15.1 Å². The maximum atomic E-state index is 12.4. The van der Waals surface area contributed by atoms with Crippen LogP contribution >= 0.6 is 12.4 Å². The summed E-state index contributed by atoms with van der Waals surface area (Å²) in [6.07, 6.45) is 20.9. The smallest absolute Gasteiger partial charge is 0.253 e. The number of hydrogen-bond acceptors (Lipinski definition) is 5. The fourth-order valence-electron chi connectivity index (χ4n) is 8.21. The van der Waals surface area contributed by atoms with E-state index in [1.54, 1.807) is 0 Å². The predicted octanol–water partition coefficient (Wildman–Crippen LogP) is 8.08. The van der Waals surface area contributed by atoms with Crippen LogP contribution in [0.1, 0.15) is 83.8 Å². The first-order valence-electron chi connectivity index (χ1n) is 18.3. The molecule has 3 aliphatic heterocycles. The van der Waals surface area contributed by atoms with Crippen LogP contribution in [0.3, 0.4) is 0 Å². The largest absolute Gasteiger partial charge is 0.364 e. The van der Waals surface area contributed by atoms with Gasteiger partial charge < -0.3 is 15.1 Å². The highest BCUT2D eigenvalue weighted by molar-refractivity contribution is 6.12. The van der Waals surface area contributed by atoms with Gasteiger partial charge in [-0.2, -0.15) is 0 Å². The van der Waals surface area contributed by atoms with Crippen LogP contribution in [0, 0.1) is 0 Å². The number of hydrogen-bond donors (Lipinski definition) is 1. The molecule has 0 bridgehead atoms. The summed E-state index contributed by atoms with van der Waals surface area (Å²) in [5.41, 5.74) is 9.39. The van der Waals surface area contributed by atoms with Gasteiger partial charge in [0, 0.05) is 73.2 Å². The number of carbonyl (C=O) groups is 3. The Hall–Kier alpha value is -4.36. The minimum Gasteiger partial charge on any atom is -0.364 e. The van der Waals surface area contributed by atoms with Crippen molar-refractivity contribution in [2.75, 3.05) is 36.5 Å². The van der Waals surface area contributed by atoms with Gasteiger partial charge in [-0.1, -0.05) is 94.8 Å². The summed E-state index contributed by atoms with van der Waals surface area (Å²) in [6.45, 7) is 10.8. The molecule has 1 N–H and O–H groups in total. The molecule has 1 atom stereocenters. The first kappa shape index (κ1) is 37.9. The van der Waals surface area contributed by atoms with Crippen LogP contribution in [-0.2, 0) is 25.2 Å². The molecule has 3 heterocycles. The molecular weight excluding hydrogens is 656 g/mol. The van der Waals surface area contributed by atoms with E-state index in [1.807, 2.05) is 0 Å². The number of unbranched alkanes of at least 4 members (excludes halogenated alkanes) is 2. The Balaban J connectivity index is 0.00000504. The van der Waals surface area contributed by atoms with Crippen molar-refractivity contribution in [3.63, 3.8) is 0 Å². The van der Waals surface area contributed by atoms with Crippen molar-refractivity contribution in [3.05, 3.63) is 119 Å². The summed E-state index contributed by atoms with van der Waals surface area (Å²) < 4.78 is 0. The number of carbonyl (C=O) groups excluding carboxylic acids is 3. The second kappa shape index (κ2) is 15.9. The number of anilines is 2. The molecule has 1 aliphatic carbocycles. The molecule has 0 saturated carbocycles. The summed E-state index contributed by atoms with van der Waals surface area (Å²) in [4.78, 5) is 41.9. The van der Waals surface area contributed by atoms with Gasteiger partial charge in [0.15, 0.2) is 0 Å². The Morgan fingerprint density at radius 3 is 2.27 bits per heavy atom. The number of fused-ring (bicyclic) bond motifs is 2. The van der Waals surface area contributed by atoms with E-state index in [-0.39, 0.29) is 60.1 Å². The maximum absolute atomic E-state index is 12.4. The van der Waals surface area contributed by atoms with Gasteiger partial charge in [-0.3, -0.25) is 19.3 Å². The third kappa shape index (κ3) is 7.94. The summed E-state index contributed by atoms with van der Waals surface area (Å²) >= 11 is 0. The molecule has 0 radical (unpaired) electrons. The predicted molar refractivity (Wildman–Crippen MR) is 210 cm³/mol. The zero-order valence-electron chi connectivity index (χ0n) is 30.8. The Morgan fingerprint density at radius 1 is 0.863 bits per heavy atom. The number of likely N-dealkylation sites (N-methyl/N-ethyl adjacent to an activating group) is 1. The lowest BCUT2D eigenvalue weighted by Crippen LogP contribution is -2.40. The lowest BCUT2D eigenvalue weighted by atomic mass is 9.80. The number of nitrogens with one attached hydrogen (secondary N) is 1. The van der Waals surface area contributed by atoms with E-state index in [0.717, 1.165) is 50.0 Å². The van der Waals surface area contributed by atoms with Crippen LogP contribution in [0.5, 0.6) is 0 Å². The molecule has 2 aromatic rings. The lowest BCUT2D eigenvalue weighted by Gasteiger charge is -2.32. The zero-order valence-corrected chi connectivity index (χ0v) is 31.6. The quantitative estimate of drug-likeness (QED) is 0.178. The van der Waals surface area contributed by atoms with Crippen molar-refractivity contribution < 1.29 is 14.4 Å². The highest BCUT2D eigenvalue weighted by Crippen LogP contribution is 2.47. The van der Waals surface area contributed by atoms with Gasteiger partial charge in [0.05, 0.1) is 6.04 Å². The van der Waals surface area contributed by atoms with E-state index >= 15 is 0 Å². The van der Waals surface area contributed by atoms with Crippen molar-refractivity contribution in [2.24, 2.45) is 0 Å². The summed E-state index contributed by atoms with van der Waals surface area (Å²) in [6, 6.07) is 17.8. The lowest BCUT2D eigenvalue weighted by molar-refractivity contribution is -0.137. The van der Waals surface area contributed by atoms with E-state index < -0.39 is 0 Å². The minimum absolute atomic E-state index is 0. The molecule has 0 aromatic heterocycles. The molecule has 4 aliphatic rings. The Morgan fingerprint density at radius 2 is 1.55 bits per heavy atom. The molecule has 3 amide bonds. The van der Waals surface area contributed by atoms with E-state index in [1.165, 1.54) is 51.5 Å². The minimum atomic E-state index is -0.321. The first-order valence-corrected chi connectivity index (χ1v) is 18.3. The maximum Gasteiger partial charge on any atom is 0.253 e. The average Bonchev–Trinajstić information content (AvgIpc) is 3.61. The van der Waals surface area contributed by atoms with Crippen molar-refractivity contribution in [2.45, 2.75) is 89.5 Å². The molecule has 6 rings (SSSR count). The van der Waals surface area contributed by atoms with Crippen molar-refractivity contribution in [1.82, 2.24) is 10.2 Å². The number of amides is 3. The van der Waals surface area contributed by atoms with Gasteiger partial charge in [0.25, 0.3) is 11.8 Å². The topological polar surface area (TPSA) is 73.0 Å². The highest BCUT2D eigenvalue weighted by Gasteiger charge is 2.42. The van der Waals surface area contributed by atoms with Crippen molar-refractivity contribution in [1.29, 1.82) is 0 Å². The number of benzene rings is 2. The zero-order chi connectivity index (χ0) is 35.5. The molecule has 0 spiro atoms. The molecule has 2 aromatic carbocycles. The monoisotopic (exact) mass is 708 g/mol. The Bertz CT molecular complexity index is 1780. The highest BCUT2D eigenvalue weighted by atomic mass is 35.5. The van der Waals surface area contributed by atoms with E-state index in [9.17, 15) is 14.4 Å². The molecular formula is C43H53ClN4O3. The Labute approximate surface area is 310 Å². The number of allylic oxidation sites excluding steroid dienone is 7. The summed E-state index contributed by atoms with van der Waals surface area (Å²) in [5.74, 6) is -0.685. The van der Waals surface area contributed by atoms with Crippen molar-refractivity contribution >= 4 is 41.5 Å². The normalized spacial score (nSPS) is 21.8. The van der Waals surface area contributed by atoms with Gasteiger partial charge in [0.1, 0.15) is 0 Å². The summed E-state index contributed by atoms with van der Waals surface area (Å²) in [7, 11) is 2.18. The van der Waals surface area contributed by atoms with Gasteiger partial charge in [-0.15, -0.1) is 12.4 Å². The fraction of sp³-hybridized carbons (Fsp3) is 0.419. The molecule has 7 nitrogen and oxygen atoms in total. The molecule has 0 fully saturated rings. The van der Waals surface area contributed by atoms with Crippen LogP contribution in [0.4, 0.5) is 11.4 Å². The average molecular weight is 709 g/mol. The van der Waals surface area contributed by atoms with Crippen molar-refractivity contribution in [3.8, 4) is 0 Å². The number of halogens is 1. The van der Waals surface area contributed by atoms with Crippen LogP contribution in [0.25, 0.3) is 0 Å². The van der Waals surface area contributed by atoms with Gasteiger partial charge >= 0.3 is 0 Å². The number of rotatable bonds is 12. The fourth-order valence-corrected chi connectivity index (χ4v) is 8.21.